The molecule has 1 fully saturated rings. The number of thioether (sulfide) groups is 1. The molecule has 0 saturated carbocycles. The van der Waals surface area contributed by atoms with Crippen LogP contribution in [0.15, 0.2) is 48.5 Å². The van der Waals surface area contributed by atoms with E-state index in [2.05, 4.69) is 20.8 Å². The molecule has 0 spiro atoms. The van der Waals surface area contributed by atoms with E-state index in [1.807, 2.05) is 42.5 Å². The zero-order valence-electron chi connectivity index (χ0n) is 22.6. The molecule has 0 N–H and O–H groups in total. The Bertz CT molecular complexity index is 1380. The summed E-state index contributed by atoms with van der Waals surface area (Å²) >= 11 is 8.22. The first-order valence-electron chi connectivity index (χ1n) is 13.0. The SMILES string of the molecule is COc1ccccc1[C@@H]1SCC(=O)N(CC(=O)N2CCOCC2)c2c1c(C(C)(C)C)nn2-c1ccccc1Cl. The predicted molar refractivity (Wildman–Crippen MR) is 154 cm³/mol. The summed E-state index contributed by atoms with van der Waals surface area (Å²) < 4.78 is 12.9. The molecule has 1 atom stereocenters. The number of morpholine rings is 1. The highest BCUT2D eigenvalue weighted by Gasteiger charge is 2.41. The van der Waals surface area contributed by atoms with Gasteiger partial charge in [0.2, 0.25) is 11.8 Å². The number of methoxy groups -OCH3 is 1. The zero-order chi connectivity index (χ0) is 27.7. The van der Waals surface area contributed by atoms with Crippen LogP contribution < -0.4 is 9.64 Å². The van der Waals surface area contributed by atoms with E-state index >= 15 is 0 Å². The Kier molecular flexibility index (Phi) is 7.94. The van der Waals surface area contributed by atoms with Gasteiger partial charge in [-0.2, -0.15) is 5.10 Å². The maximum atomic E-state index is 13.9. The summed E-state index contributed by atoms with van der Waals surface area (Å²) in [4.78, 5) is 30.7. The van der Waals surface area contributed by atoms with Gasteiger partial charge in [-0.05, 0) is 18.2 Å². The molecule has 10 heteroatoms. The molecule has 1 aromatic heterocycles. The number of benzene rings is 2. The van der Waals surface area contributed by atoms with Crippen LogP contribution >= 0.6 is 23.4 Å². The summed E-state index contributed by atoms with van der Waals surface area (Å²) in [5, 5.41) is 5.36. The Morgan fingerprint density at radius 3 is 2.51 bits per heavy atom. The fourth-order valence-electron chi connectivity index (χ4n) is 5.04. The Morgan fingerprint density at radius 2 is 1.82 bits per heavy atom. The third-order valence-electron chi connectivity index (χ3n) is 6.96. The summed E-state index contributed by atoms with van der Waals surface area (Å²) in [5.74, 6) is 1.22. The zero-order valence-corrected chi connectivity index (χ0v) is 24.2. The Balaban J connectivity index is 1.76. The minimum atomic E-state index is -0.370. The topological polar surface area (TPSA) is 76.9 Å². The minimum Gasteiger partial charge on any atom is -0.496 e. The Hall–Kier alpha value is -3.01. The molecule has 8 nitrogen and oxygen atoms in total. The molecule has 39 heavy (non-hydrogen) atoms. The molecular weight excluding hydrogens is 536 g/mol. The van der Waals surface area contributed by atoms with Crippen molar-refractivity contribution in [2.75, 3.05) is 50.6 Å². The molecule has 0 radical (unpaired) electrons. The van der Waals surface area contributed by atoms with Gasteiger partial charge in [0.15, 0.2) is 0 Å². The number of amides is 2. The van der Waals surface area contributed by atoms with Crippen LogP contribution in [0.3, 0.4) is 0 Å². The lowest BCUT2D eigenvalue weighted by Crippen LogP contribution is -2.48. The van der Waals surface area contributed by atoms with Crippen molar-refractivity contribution in [2.24, 2.45) is 0 Å². The van der Waals surface area contributed by atoms with E-state index < -0.39 is 0 Å². The van der Waals surface area contributed by atoms with Gasteiger partial charge in [0.05, 0.1) is 47.7 Å². The van der Waals surface area contributed by atoms with Gasteiger partial charge in [-0.1, -0.05) is 62.7 Å². The molecule has 2 aliphatic heterocycles. The van der Waals surface area contributed by atoms with Crippen LogP contribution in [0.25, 0.3) is 5.69 Å². The first kappa shape index (κ1) is 27.6. The first-order chi connectivity index (χ1) is 18.7. The van der Waals surface area contributed by atoms with E-state index in [1.54, 1.807) is 27.7 Å². The highest BCUT2D eigenvalue weighted by Crippen LogP contribution is 2.50. The van der Waals surface area contributed by atoms with Gasteiger partial charge < -0.3 is 14.4 Å². The van der Waals surface area contributed by atoms with Gasteiger partial charge in [-0.25, -0.2) is 4.68 Å². The number of aromatic nitrogens is 2. The third-order valence-corrected chi connectivity index (χ3v) is 8.51. The number of ether oxygens (including phenoxy) is 2. The van der Waals surface area contributed by atoms with Crippen LogP contribution in [0.2, 0.25) is 5.02 Å². The van der Waals surface area contributed by atoms with E-state index in [0.29, 0.717) is 42.8 Å². The van der Waals surface area contributed by atoms with Crippen LogP contribution in [0.1, 0.15) is 42.8 Å². The lowest BCUT2D eigenvalue weighted by atomic mass is 9.87. The number of carbonyl (C=O) groups excluding carboxylic acids is 2. The van der Waals surface area contributed by atoms with E-state index in [4.69, 9.17) is 26.2 Å². The normalized spacial score (nSPS) is 18.1. The lowest BCUT2D eigenvalue weighted by molar-refractivity contribution is -0.134. The molecule has 2 aliphatic rings. The number of halogens is 1. The van der Waals surface area contributed by atoms with Crippen LogP contribution in [0.5, 0.6) is 5.75 Å². The van der Waals surface area contributed by atoms with Gasteiger partial charge in [0.25, 0.3) is 0 Å². The fraction of sp³-hybridized carbons (Fsp3) is 0.414. The van der Waals surface area contributed by atoms with Crippen molar-refractivity contribution in [2.45, 2.75) is 31.4 Å². The van der Waals surface area contributed by atoms with Crippen LogP contribution in [-0.4, -0.2) is 72.2 Å². The number of rotatable bonds is 5. The van der Waals surface area contributed by atoms with Crippen molar-refractivity contribution in [1.82, 2.24) is 14.7 Å². The van der Waals surface area contributed by atoms with Crippen LogP contribution in [-0.2, 0) is 19.7 Å². The standard InChI is InChI=1S/C29H33ClN4O4S/c1-29(2,3)27-25-26(19-9-5-8-12-22(19)37-4)39-18-24(36)33(17-23(35)32-13-15-38-16-14-32)28(25)34(31-27)21-11-7-6-10-20(21)30/h5-12,26H,13-18H2,1-4H3/t26-/m0/s1. The van der Waals surface area contributed by atoms with E-state index in [-0.39, 0.29) is 34.8 Å². The second-order valence-corrected chi connectivity index (χ2v) is 12.1. The van der Waals surface area contributed by atoms with Crippen molar-refractivity contribution < 1.29 is 19.1 Å². The first-order valence-corrected chi connectivity index (χ1v) is 14.4. The highest BCUT2D eigenvalue weighted by molar-refractivity contribution is 8.00. The van der Waals surface area contributed by atoms with Gasteiger partial charge in [0.1, 0.15) is 18.1 Å². The average molecular weight is 569 g/mol. The number of carbonyl (C=O) groups is 2. The van der Waals surface area contributed by atoms with Crippen LogP contribution in [0.4, 0.5) is 5.82 Å². The van der Waals surface area contributed by atoms with Crippen molar-refractivity contribution in [3.63, 3.8) is 0 Å². The maximum Gasteiger partial charge on any atom is 0.242 e. The summed E-state index contributed by atoms with van der Waals surface area (Å²) in [5.41, 5.74) is 2.94. The molecule has 3 aromatic rings. The van der Waals surface area contributed by atoms with Gasteiger partial charge in [-0.3, -0.25) is 14.5 Å². The summed E-state index contributed by atoms with van der Waals surface area (Å²) in [6.45, 7) is 8.20. The monoisotopic (exact) mass is 568 g/mol. The molecule has 5 rings (SSSR count). The maximum absolute atomic E-state index is 13.9. The molecule has 2 amide bonds. The summed E-state index contributed by atoms with van der Waals surface area (Å²) in [6.07, 6.45) is 0. The molecular formula is C29H33ClN4O4S. The Labute approximate surface area is 238 Å². The van der Waals surface area contributed by atoms with E-state index in [1.165, 1.54) is 11.8 Å². The number of anilines is 1. The number of para-hydroxylation sites is 2. The van der Waals surface area contributed by atoms with Crippen molar-refractivity contribution in [1.29, 1.82) is 0 Å². The summed E-state index contributed by atoms with van der Waals surface area (Å²) in [7, 11) is 1.65. The number of fused-ring (bicyclic) bond motifs is 1. The van der Waals surface area contributed by atoms with E-state index in [0.717, 1.165) is 22.6 Å². The smallest absolute Gasteiger partial charge is 0.242 e. The molecule has 0 aliphatic carbocycles. The van der Waals surface area contributed by atoms with Gasteiger partial charge in [-0.15, -0.1) is 11.8 Å². The summed E-state index contributed by atoms with van der Waals surface area (Å²) in [6, 6.07) is 15.3. The van der Waals surface area contributed by atoms with Crippen molar-refractivity contribution >= 4 is 41.0 Å². The van der Waals surface area contributed by atoms with Crippen LogP contribution in [0, 0.1) is 0 Å². The van der Waals surface area contributed by atoms with E-state index in [9.17, 15) is 9.59 Å². The molecule has 0 bridgehead atoms. The fourth-order valence-corrected chi connectivity index (χ4v) is 6.48. The second-order valence-electron chi connectivity index (χ2n) is 10.6. The minimum absolute atomic E-state index is 0.0925. The molecule has 3 heterocycles. The molecule has 1 saturated heterocycles. The Morgan fingerprint density at radius 1 is 1.13 bits per heavy atom. The molecule has 0 unspecified atom stereocenters. The van der Waals surface area contributed by atoms with Crippen molar-refractivity contribution in [3.05, 3.63) is 70.4 Å². The lowest BCUT2D eigenvalue weighted by Gasteiger charge is -2.30. The van der Waals surface area contributed by atoms with Gasteiger partial charge in [0, 0.05) is 29.6 Å². The largest absolute Gasteiger partial charge is 0.496 e. The predicted octanol–water partition coefficient (Wildman–Crippen LogP) is 4.86. The highest BCUT2D eigenvalue weighted by atomic mass is 35.5. The number of hydrogen-bond donors (Lipinski definition) is 0. The van der Waals surface area contributed by atoms with Crippen molar-refractivity contribution in [3.8, 4) is 11.4 Å². The molecule has 2 aromatic carbocycles. The number of nitrogens with zero attached hydrogens (tertiary/aromatic N) is 4. The quantitative estimate of drug-likeness (QED) is 0.437. The van der Waals surface area contributed by atoms with Gasteiger partial charge >= 0.3 is 0 Å². The second kappa shape index (κ2) is 11.2. The average Bonchev–Trinajstić information content (AvgIpc) is 3.27. The number of hydrogen-bond acceptors (Lipinski definition) is 6. The molecule has 206 valence electrons. The third kappa shape index (κ3) is 5.40.